The van der Waals surface area contributed by atoms with Crippen molar-refractivity contribution in [3.05, 3.63) is 68.2 Å². The Labute approximate surface area is 153 Å². The second kappa shape index (κ2) is 7.32. The number of rotatable bonds is 4. The van der Waals surface area contributed by atoms with Gasteiger partial charge in [0.1, 0.15) is 5.75 Å². The van der Waals surface area contributed by atoms with Gasteiger partial charge < -0.3 is 4.52 Å². The summed E-state index contributed by atoms with van der Waals surface area (Å²) in [6, 6.07) is 10.0. The highest BCUT2D eigenvalue weighted by molar-refractivity contribution is 7.49. The molecule has 0 N–H and O–H groups in total. The van der Waals surface area contributed by atoms with Crippen LogP contribution in [0.3, 0.4) is 0 Å². The molecular formula is C15H12Cl2NO6P. The van der Waals surface area contributed by atoms with Crippen molar-refractivity contribution in [1.82, 2.24) is 0 Å². The minimum absolute atomic E-state index is 0.109. The minimum atomic E-state index is -3.88. The summed E-state index contributed by atoms with van der Waals surface area (Å²) < 4.78 is 28.7. The summed E-state index contributed by atoms with van der Waals surface area (Å²) in [4.78, 5) is 10.1. The Hall–Kier alpha value is -1.63. The number of nitrogens with zero attached hydrogens (tertiary/aromatic N) is 1. The van der Waals surface area contributed by atoms with E-state index in [1.54, 1.807) is 18.2 Å². The highest BCUT2D eigenvalue weighted by Crippen LogP contribution is 2.56. The van der Waals surface area contributed by atoms with Gasteiger partial charge in [-0.1, -0.05) is 23.2 Å². The summed E-state index contributed by atoms with van der Waals surface area (Å²) in [7, 11) is -3.88. The van der Waals surface area contributed by atoms with Crippen molar-refractivity contribution in [1.29, 1.82) is 0 Å². The molecule has 0 saturated carbocycles. The maximum absolute atomic E-state index is 12.7. The average molecular weight is 404 g/mol. The number of non-ortho nitro benzene ring substituents is 1. The first-order chi connectivity index (χ1) is 11.8. The lowest BCUT2D eigenvalue weighted by molar-refractivity contribution is -0.384. The molecule has 0 aliphatic carbocycles. The van der Waals surface area contributed by atoms with Crippen LogP contribution in [0.15, 0.2) is 42.5 Å². The van der Waals surface area contributed by atoms with E-state index < -0.39 is 18.8 Å². The summed E-state index contributed by atoms with van der Waals surface area (Å²) in [6.07, 6.45) is -0.113. The Bertz CT molecular complexity index is 824. The normalized spacial score (nSPS) is 23.2. The molecule has 3 rings (SSSR count). The van der Waals surface area contributed by atoms with Crippen LogP contribution in [0.25, 0.3) is 0 Å². The van der Waals surface area contributed by atoms with Gasteiger partial charge in [0.25, 0.3) is 5.69 Å². The number of benzene rings is 2. The van der Waals surface area contributed by atoms with Gasteiger partial charge in [0.15, 0.2) is 0 Å². The highest BCUT2D eigenvalue weighted by Gasteiger charge is 2.37. The third-order valence-corrected chi connectivity index (χ3v) is 5.29. The van der Waals surface area contributed by atoms with Crippen LogP contribution in [0, 0.1) is 10.1 Å². The topological polar surface area (TPSA) is 87.9 Å². The molecular weight excluding hydrogens is 392 g/mol. The Morgan fingerprint density at radius 2 is 1.80 bits per heavy atom. The Morgan fingerprint density at radius 3 is 2.40 bits per heavy atom. The van der Waals surface area contributed by atoms with Crippen LogP contribution in [-0.2, 0) is 13.6 Å². The van der Waals surface area contributed by atoms with Crippen LogP contribution >= 0.6 is 31.0 Å². The molecule has 2 aromatic carbocycles. The monoisotopic (exact) mass is 403 g/mol. The Morgan fingerprint density at radius 1 is 1.16 bits per heavy atom. The third kappa shape index (κ3) is 4.51. The van der Waals surface area contributed by atoms with Crippen molar-refractivity contribution in [2.45, 2.75) is 12.5 Å². The maximum atomic E-state index is 12.7. The largest absolute Gasteiger partial charge is 0.530 e. The second-order valence-electron chi connectivity index (χ2n) is 5.21. The number of halogens is 2. The van der Waals surface area contributed by atoms with Crippen LogP contribution in [0.1, 0.15) is 18.1 Å². The molecule has 0 spiro atoms. The lowest BCUT2D eigenvalue weighted by atomic mass is 10.1. The molecule has 1 heterocycles. The molecule has 132 valence electrons. The molecule has 0 bridgehead atoms. The molecule has 10 heteroatoms. The van der Waals surface area contributed by atoms with Crippen LogP contribution in [0.5, 0.6) is 5.75 Å². The fourth-order valence-corrected chi connectivity index (χ4v) is 4.25. The van der Waals surface area contributed by atoms with Gasteiger partial charge in [-0.3, -0.25) is 19.2 Å². The van der Waals surface area contributed by atoms with Crippen molar-refractivity contribution in [3.8, 4) is 5.75 Å². The molecule has 2 atom stereocenters. The van der Waals surface area contributed by atoms with E-state index in [1.165, 1.54) is 24.3 Å². The zero-order valence-corrected chi connectivity index (χ0v) is 15.0. The number of phosphoric acid groups is 1. The van der Waals surface area contributed by atoms with Crippen LogP contribution in [-0.4, -0.2) is 11.5 Å². The van der Waals surface area contributed by atoms with Crippen molar-refractivity contribution in [3.63, 3.8) is 0 Å². The van der Waals surface area contributed by atoms with E-state index in [1.807, 2.05) is 0 Å². The van der Waals surface area contributed by atoms with Crippen molar-refractivity contribution < 1.29 is 23.1 Å². The summed E-state index contributed by atoms with van der Waals surface area (Å²) in [5, 5.41) is 11.5. The van der Waals surface area contributed by atoms with E-state index in [2.05, 4.69) is 0 Å². The van der Waals surface area contributed by atoms with Gasteiger partial charge in [0.2, 0.25) is 0 Å². The van der Waals surface area contributed by atoms with Gasteiger partial charge in [0.05, 0.1) is 17.6 Å². The minimum Gasteiger partial charge on any atom is -0.404 e. The first kappa shape index (κ1) is 18.2. The molecule has 0 unspecified atom stereocenters. The smallest absolute Gasteiger partial charge is 0.404 e. The second-order valence-corrected chi connectivity index (χ2v) is 7.63. The predicted octanol–water partition coefficient (Wildman–Crippen LogP) is 5.57. The zero-order valence-electron chi connectivity index (χ0n) is 12.6. The van der Waals surface area contributed by atoms with Gasteiger partial charge >= 0.3 is 7.82 Å². The quantitative estimate of drug-likeness (QED) is 0.376. The van der Waals surface area contributed by atoms with Gasteiger partial charge in [-0.15, -0.1) is 0 Å². The van der Waals surface area contributed by atoms with Gasteiger partial charge in [0, 0.05) is 28.6 Å². The molecule has 0 aromatic heterocycles. The first-order valence-electron chi connectivity index (χ1n) is 7.18. The molecule has 1 aliphatic rings. The fraction of sp³-hybridized carbons (Fsp3) is 0.200. The lowest BCUT2D eigenvalue weighted by Gasteiger charge is -2.29. The Kier molecular flexibility index (Phi) is 5.32. The third-order valence-electron chi connectivity index (χ3n) is 3.41. The van der Waals surface area contributed by atoms with E-state index in [0.29, 0.717) is 22.0 Å². The number of nitro benzene ring substituents is 1. The molecule has 0 radical (unpaired) electrons. The van der Waals surface area contributed by atoms with E-state index in [-0.39, 0.29) is 18.0 Å². The van der Waals surface area contributed by atoms with Gasteiger partial charge in [-0.2, -0.15) is 0 Å². The van der Waals surface area contributed by atoms with Crippen LogP contribution in [0.4, 0.5) is 5.69 Å². The molecule has 1 saturated heterocycles. The SMILES string of the molecule is O=[N+]([O-])c1ccc(O[P@@]2(=O)OCC[C@@H](c3cc(Cl)cc(Cl)c3)O2)cc1. The molecule has 7 nitrogen and oxygen atoms in total. The predicted molar refractivity (Wildman–Crippen MR) is 92.2 cm³/mol. The van der Waals surface area contributed by atoms with Crippen molar-refractivity contribution in [2.75, 3.05) is 6.61 Å². The molecule has 25 heavy (non-hydrogen) atoms. The number of hydrogen-bond donors (Lipinski definition) is 0. The van der Waals surface area contributed by atoms with E-state index in [9.17, 15) is 14.7 Å². The molecule has 1 aliphatic heterocycles. The number of phosphoric ester groups is 1. The maximum Gasteiger partial charge on any atom is 0.530 e. The van der Waals surface area contributed by atoms with Gasteiger partial charge in [-0.05, 0) is 35.9 Å². The number of nitro groups is 1. The summed E-state index contributed by atoms with van der Waals surface area (Å²) in [6.45, 7) is 0.152. The molecule has 2 aromatic rings. The van der Waals surface area contributed by atoms with Crippen LogP contribution in [0.2, 0.25) is 10.0 Å². The number of hydrogen-bond acceptors (Lipinski definition) is 6. The Balaban J connectivity index is 1.77. The van der Waals surface area contributed by atoms with E-state index >= 15 is 0 Å². The first-order valence-corrected chi connectivity index (χ1v) is 9.39. The van der Waals surface area contributed by atoms with Gasteiger partial charge in [-0.25, -0.2) is 4.57 Å². The zero-order chi connectivity index (χ0) is 18.0. The van der Waals surface area contributed by atoms with Crippen molar-refractivity contribution >= 4 is 36.7 Å². The van der Waals surface area contributed by atoms with Crippen LogP contribution < -0.4 is 4.52 Å². The standard InChI is InChI=1S/C15H12Cl2NO6P/c16-11-7-10(8-12(17)9-11)15-5-6-22-25(21,24-15)23-14-3-1-13(2-4-14)18(19)20/h1-4,7-9,15H,5-6H2/t15-,25+/m0/s1. The summed E-state index contributed by atoms with van der Waals surface area (Å²) in [5.41, 5.74) is 0.552. The van der Waals surface area contributed by atoms with E-state index in [4.69, 9.17) is 36.8 Å². The lowest BCUT2D eigenvalue weighted by Crippen LogP contribution is -2.16. The average Bonchev–Trinajstić information content (AvgIpc) is 2.54. The summed E-state index contributed by atoms with van der Waals surface area (Å²) >= 11 is 12.0. The summed E-state index contributed by atoms with van der Waals surface area (Å²) in [5.74, 6) is 0.138. The molecule has 0 amide bonds. The fourth-order valence-electron chi connectivity index (χ4n) is 2.30. The highest BCUT2D eigenvalue weighted by atomic mass is 35.5. The molecule has 1 fully saturated rings. The van der Waals surface area contributed by atoms with E-state index in [0.717, 1.165) is 0 Å². The van der Waals surface area contributed by atoms with Crippen molar-refractivity contribution in [2.24, 2.45) is 0 Å².